The first-order chi connectivity index (χ1) is 20.1. The first-order valence-electron chi connectivity index (χ1n) is 14.5. The molecule has 0 spiro atoms. The Kier molecular flexibility index (Phi) is 8.04. The molecule has 1 saturated heterocycles. The zero-order valence-corrected chi connectivity index (χ0v) is 23.4. The van der Waals surface area contributed by atoms with Crippen LogP contribution in [0.15, 0.2) is 36.7 Å². The zero-order chi connectivity index (χ0) is 28.2. The Bertz CT molecular complexity index is 1390. The molecule has 6 rings (SSSR count). The molecule has 0 saturated carbocycles. The van der Waals surface area contributed by atoms with Crippen LogP contribution in [0.1, 0.15) is 54.5 Å². The van der Waals surface area contributed by atoms with Gasteiger partial charge in [-0.25, -0.2) is 15.0 Å². The number of carboxylic acids is 1. The molecule has 41 heavy (non-hydrogen) atoms. The number of aryl methyl sites for hydroxylation is 1. The number of ether oxygens (including phenoxy) is 2. The highest BCUT2D eigenvalue weighted by Crippen LogP contribution is 2.34. The Morgan fingerprint density at radius 1 is 1.17 bits per heavy atom. The van der Waals surface area contributed by atoms with Crippen molar-refractivity contribution in [1.82, 2.24) is 20.3 Å². The van der Waals surface area contributed by atoms with Crippen LogP contribution >= 0.6 is 0 Å². The third-order valence-electron chi connectivity index (χ3n) is 8.17. The number of piperidine rings is 1. The molecule has 0 bridgehead atoms. The van der Waals surface area contributed by atoms with E-state index in [0.717, 1.165) is 74.5 Å². The first-order valence-corrected chi connectivity index (χ1v) is 14.5. The maximum Gasteiger partial charge on any atom is 0.322 e. The van der Waals surface area contributed by atoms with Gasteiger partial charge in [-0.2, -0.15) is 0 Å². The van der Waals surface area contributed by atoms with Crippen molar-refractivity contribution in [3.63, 3.8) is 0 Å². The van der Waals surface area contributed by atoms with Crippen LogP contribution in [-0.2, 0) is 24.2 Å². The molecule has 1 atom stereocenters. The molecule has 0 aliphatic carbocycles. The predicted molar refractivity (Wildman–Crippen MR) is 156 cm³/mol. The van der Waals surface area contributed by atoms with Gasteiger partial charge in [-0.1, -0.05) is 19.1 Å². The summed E-state index contributed by atoms with van der Waals surface area (Å²) in [7, 11) is 0. The van der Waals surface area contributed by atoms with Crippen LogP contribution in [0, 0.1) is 0 Å². The molecule has 3 aliphatic heterocycles. The Hall–Kier alpha value is -4.12. The van der Waals surface area contributed by atoms with E-state index in [9.17, 15) is 9.90 Å². The summed E-state index contributed by atoms with van der Waals surface area (Å²) in [5, 5.41) is 19.7. The van der Waals surface area contributed by atoms with Gasteiger partial charge in [-0.05, 0) is 61.4 Å². The van der Waals surface area contributed by atoms with E-state index >= 15 is 0 Å². The van der Waals surface area contributed by atoms with E-state index in [1.165, 1.54) is 11.3 Å². The summed E-state index contributed by atoms with van der Waals surface area (Å²) in [6.07, 6.45) is 6.57. The van der Waals surface area contributed by atoms with E-state index in [4.69, 9.17) is 14.5 Å². The summed E-state index contributed by atoms with van der Waals surface area (Å²) in [6, 6.07) is 9.25. The lowest BCUT2D eigenvalue weighted by atomic mass is 9.92. The molecule has 4 N–H and O–H groups in total. The van der Waals surface area contributed by atoms with Gasteiger partial charge < -0.3 is 30.1 Å². The number of carbonyl (C=O) groups is 1. The van der Waals surface area contributed by atoms with Crippen LogP contribution in [-0.4, -0.2) is 65.0 Å². The molecule has 2 aromatic heterocycles. The smallest absolute Gasteiger partial charge is 0.322 e. The fourth-order valence-corrected chi connectivity index (χ4v) is 5.85. The van der Waals surface area contributed by atoms with Crippen LogP contribution in [0.2, 0.25) is 0 Å². The van der Waals surface area contributed by atoms with E-state index in [2.05, 4.69) is 49.9 Å². The van der Waals surface area contributed by atoms with Gasteiger partial charge in [0.05, 0.1) is 0 Å². The number of fused-ring (bicyclic) bond motifs is 2. The van der Waals surface area contributed by atoms with Crippen LogP contribution in [0.5, 0.6) is 11.5 Å². The molecular formula is C30H37N7O4. The van der Waals surface area contributed by atoms with Crippen molar-refractivity contribution in [3.05, 3.63) is 59.0 Å². The molecule has 0 unspecified atom stereocenters. The Morgan fingerprint density at radius 3 is 2.85 bits per heavy atom. The Balaban J connectivity index is 1.08. The topological polar surface area (TPSA) is 134 Å². The number of carboxylic acid groups (broad SMARTS) is 1. The zero-order valence-electron chi connectivity index (χ0n) is 23.4. The number of hydrogen-bond donors (Lipinski definition) is 4. The lowest BCUT2D eigenvalue weighted by Gasteiger charge is -2.34. The van der Waals surface area contributed by atoms with Crippen molar-refractivity contribution in [2.75, 3.05) is 48.5 Å². The highest BCUT2D eigenvalue weighted by molar-refractivity contribution is 5.74. The van der Waals surface area contributed by atoms with E-state index in [1.54, 1.807) is 6.33 Å². The summed E-state index contributed by atoms with van der Waals surface area (Å²) in [6.45, 7) is 5.62. The van der Waals surface area contributed by atoms with Gasteiger partial charge in [-0.3, -0.25) is 10.1 Å². The van der Waals surface area contributed by atoms with Gasteiger partial charge in [0.15, 0.2) is 11.5 Å². The standard InChI is InChI=1S/C30H37N7O4/c1-2-22-28(33-16-24(30(38)39)32-15-19-5-8-25-26(14-19)41-18-40-25)34-17-35-29(22)37-12-9-20(10-13-37)23-7-6-21-4-3-11-31-27(21)36-23/h5-8,14,17,20,24,32H,2-4,9-13,15-16,18H2,1H3,(H,31,36)(H,38,39)(H,33,34,35)/t24-/m0/s1. The number of aromatic nitrogens is 3. The third kappa shape index (κ3) is 6.00. The number of hydrogen-bond acceptors (Lipinski definition) is 10. The van der Waals surface area contributed by atoms with E-state index in [0.29, 0.717) is 29.8 Å². The van der Waals surface area contributed by atoms with E-state index in [-0.39, 0.29) is 13.3 Å². The average molecular weight is 560 g/mol. The summed E-state index contributed by atoms with van der Waals surface area (Å²) >= 11 is 0. The predicted octanol–water partition coefficient (Wildman–Crippen LogP) is 3.56. The van der Waals surface area contributed by atoms with Crippen LogP contribution in [0.4, 0.5) is 17.5 Å². The number of aliphatic carboxylic acids is 1. The lowest BCUT2D eigenvalue weighted by Crippen LogP contribution is -2.42. The normalized spacial score (nSPS) is 17.0. The molecule has 11 nitrogen and oxygen atoms in total. The molecule has 0 amide bonds. The minimum atomic E-state index is -0.932. The fourth-order valence-electron chi connectivity index (χ4n) is 5.85. The monoisotopic (exact) mass is 559 g/mol. The molecule has 216 valence electrons. The summed E-state index contributed by atoms with van der Waals surface area (Å²) in [5.41, 5.74) is 4.41. The molecule has 1 aromatic carbocycles. The Morgan fingerprint density at radius 2 is 2.02 bits per heavy atom. The van der Waals surface area contributed by atoms with E-state index in [1.807, 2.05) is 18.2 Å². The van der Waals surface area contributed by atoms with Gasteiger partial charge in [0.25, 0.3) is 0 Å². The third-order valence-corrected chi connectivity index (χ3v) is 8.17. The van der Waals surface area contributed by atoms with Gasteiger partial charge in [0, 0.05) is 49.9 Å². The second-order valence-electron chi connectivity index (χ2n) is 10.8. The van der Waals surface area contributed by atoms with Crippen LogP contribution in [0.3, 0.4) is 0 Å². The van der Waals surface area contributed by atoms with Crippen LogP contribution < -0.4 is 30.3 Å². The summed E-state index contributed by atoms with van der Waals surface area (Å²) in [5.74, 6) is 3.53. The molecule has 1 fully saturated rings. The second kappa shape index (κ2) is 12.2. The number of nitrogens with one attached hydrogen (secondary N) is 3. The molecule has 5 heterocycles. The van der Waals surface area contributed by atoms with Gasteiger partial charge in [0.2, 0.25) is 6.79 Å². The first kappa shape index (κ1) is 27.1. The minimum absolute atomic E-state index is 0.184. The molecule has 11 heteroatoms. The number of nitrogens with zero attached hydrogens (tertiary/aromatic N) is 4. The second-order valence-corrected chi connectivity index (χ2v) is 10.8. The highest BCUT2D eigenvalue weighted by Gasteiger charge is 2.26. The van der Waals surface area contributed by atoms with Gasteiger partial charge >= 0.3 is 5.97 Å². The number of pyridine rings is 1. The minimum Gasteiger partial charge on any atom is -0.480 e. The maximum atomic E-state index is 12.0. The van der Waals surface area contributed by atoms with Crippen molar-refractivity contribution >= 4 is 23.4 Å². The molecule has 3 aromatic rings. The van der Waals surface area contributed by atoms with E-state index < -0.39 is 12.0 Å². The highest BCUT2D eigenvalue weighted by atomic mass is 16.7. The number of rotatable bonds is 10. The van der Waals surface area contributed by atoms with Crippen molar-refractivity contribution in [3.8, 4) is 11.5 Å². The quantitative estimate of drug-likeness (QED) is 0.291. The SMILES string of the molecule is CCc1c(NC[C@H](NCc2ccc3c(c2)OCO3)C(=O)O)ncnc1N1CCC(c2ccc3c(n2)NCCC3)CC1. The van der Waals surface area contributed by atoms with Crippen molar-refractivity contribution in [2.45, 2.75) is 57.5 Å². The summed E-state index contributed by atoms with van der Waals surface area (Å²) in [4.78, 5) is 28.4. The molecular weight excluding hydrogens is 522 g/mol. The molecule has 0 radical (unpaired) electrons. The van der Waals surface area contributed by atoms with Crippen molar-refractivity contribution in [1.29, 1.82) is 0 Å². The van der Waals surface area contributed by atoms with Crippen molar-refractivity contribution < 1.29 is 19.4 Å². The maximum absolute atomic E-state index is 12.0. The van der Waals surface area contributed by atoms with Gasteiger partial charge in [0.1, 0.15) is 29.8 Å². The summed E-state index contributed by atoms with van der Waals surface area (Å²) < 4.78 is 10.8. The lowest BCUT2D eigenvalue weighted by molar-refractivity contribution is -0.139. The van der Waals surface area contributed by atoms with Crippen molar-refractivity contribution in [2.24, 2.45) is 0 Å². The van der Waals surface area contributed by atoms with Gasteiger partial charge in [-0.15, -0.1) is 0 Å². The number of benzene rings is 1. The molecule has 3 aliphatic rings. The fraction of sp³-hybridized carbons (Fsp3) is 0.467. The number of anilines is 3. The van der Waals surface area contributed by atoms with Crippen LogP contribution in [0.25, 0.3) is 0 Å². The average Bonchev–Trinajstić information content (AvgIpc) is 3.48. The largest absolute Gasteiger partial charge is 0.480 e. The Labute approximate surface area is 239 Å².